The van der Waals surface area contributed by atoms with Crippen molar-refractivity contribution in [2.75, 3.05) is 25.3 Å². The first kappa shape index (κ1) is 21.9. The van der Waals surface area contributed by atoms with Crippen LogP contribution in [-0.2, 0) is 6.54 Å². The van der Waals surface area contributed by atoms with Gasteiger partial charge in [-0.15, -0.1) is 5.10 Å². The van der Waals surface area contributed by atoms with E-state index in [1.54, 1.807) is 25.3 Å². The largest absolute Gasteiger partial charge is 0.497 e. The third-order valence-corrected chi connectivity index (χ3v) is 5.14. The highest BCUT2D eigenvalue weighted by molar-refractivity contribution is 6.06. The van der Waals surface area contributed by atoms with Gasteiger partial charge in [0.25, 0.3) is 5.91 Å². The Balaban J connectivity index is 1.53. The molecule has 0 saturated heterocycles. The van der Waals surface area contributed by atoms with Crippen molar-refractivity contribution in [3.63, 3.8) is 0 Å². The molecule has 10 heteroatoms. The van der Waals surface area contributed by atoms with Crippen LogP contribution in [0.2, 0.25) is 0 Å². The zero-order chi connectivity index (χ0) is 23.5. The molecule has 170 valence electrons. The zero-order valence-corrected chi connectivity index (χ0v) is 18.7. The fourth-order valence-electron chi connectivity index (χ4n) is 3.22. The Kier molecular flexibility index (Phi) is 5.99. The third kappa shape index (κ3) is 4.49. The minimum absolute atomic E-state index is 0.00669. The second-order valence-corrected chi connectivity index (χ2v) is 7.39. The minimum Gasteiger partial charge on any atom is -0.497 e. The summed E-state index contributed by atoms with van der Waals surface area (Å²) in [5, 5.41) is 10.7. The predicted octanol–water partition coefficient (Wildman–Crippen LogP) is 3.45. The van der Waals surface area contributed by atoms with Crippen molar-refractivity contribution in [3.8, 4) is 23.0 Å². The molecule has 2 aromatic heterocycles. The normalized spacial score (nSPS) is 10.8. The highest BCUT2D eigenvalue weighted by Gasteiger charge is 2.21. The van der Waals surface area contributed by atoms with E-state index in [2.05, 4.69) is 20.6 Å². The van der Waals surface area contributed by atoms with Gasteiger partial charge in [-0.1, -0.05) is 22.9 Å². The van der Waals surface area contributed by atoms with Crippen molar-refractivity contribution in [1.82, 2.24) is 20.0 Å². The van der Waals surface area contributed by atoms with Gasteiger partial charge in [-0.25, -0.2) is 9.67 Å². The van der Waals surface area contributed by atoms with E-state index in [-0.39, 0.29) is 18.1 Å². The summed E-state index contributed by atoms with van der Waals surface area (Å²) in [5.41, 5.74) is 9.28. The van der Waals surface area contributed by atoms with E-state index in [9.17, 15) is 4.79 Å². The quantitative estimate of drug-likeness (QED) is 0.440. The average molecular weight is 448 g/mol. The number of methoxy groups -OCH3 is 2. The number of aromatic nitrogens is 4. The molecule has 0 aliphatic heterocycles. The first-order valence-electron chi connectivity index (χ1n) is 10.1. The highest BCUT2D eigenvalue weighted by Crippen LogP contribution is 2.30. The summed E-state index contributed by atoms with van der Waals surface area (Å²) in [4.78, 5) is 17.3. The van der Waals surface area contributed by atoms with E-state index in [0.717, 1.165) is 11.1 Å². The van der Waals surface area contributed by atoms with Gasteiger partial charge in [-0.2, -0.15) is 0 Å². The van der Waals surface area contributed by atoms with Crippen molar-refractivity contribution in [1.29, 1.82) is 0 Å². The molecule has 2 aromatic carbocycles. The maximum atomic E-state index is 12.8. The SMILES string of the molecule is COc1ccc(NC(=O)c2nnn(Cc3nc(-c4ccc(C)cc4)oc3C)c2N)c(OC)c1. The Morgan fingerprint density at radius 2 is 1.88 bits per heavy atom. The lowest BCUT2D eigenvalue weighted by Gasteiger charge is -2.11. The van der Waals surface area contributed by atoms with Crippen LogP contribution in [0.4, 0.5) is 11.5 Å². The van der Waals surface area contributed by atoms with E-state index in [0.29, 0.717) is 34.5 Å². The van der Waals surface area contributed by atoms with E-state index in [1.165, 1.54) is 11.8 Å². The number of oxazole rings is 1. The molecule has 0 saturated carbocycles. The van der Waals surface area contributed by atoms with Crippen LogP contribution in [0.1, 0.15) is 27.5 Å². The van der Waals surface area contributed by atoms with Gasteiger partial charge in [-0.3, -0.25) is 4.79 Å². The number of amides is 1. The maximum absolute atomic E-state index is 12.8. The first-order chi connectivity index (χ1) is 15.9. The lowest BCUT2D eigenvalue weighted by atomic mass is 10.1. The topological polar surface area (TPSA) is 130 Å². The Morgan fingerprint density at radius 1 is 1.12 bits per heavy atom. The molecule has 0 aliphatic rings. The van der Waals surface area contributed by atoms with Crippen molar-refractivity contribution in [3.05, 3.63) is 65.2 Å². The van der Waals surface area contributed by atoms with E-state index >= 15 is 0 Å². The number of rotatable bonds is 7. The molecule has 0 radical (unpaired) electrons. The zero-order valence-electron chi connectivity index (χ0n) is 18.7. The monoisotopic (exact) mass is 448 g/mol. The molecule has 0 unspecified atom stereocenters. The van der Waals surface area contributed by atoms with Crippen LogP contribution >= 0.6 is 0 Å². The number of nitrogens with two attached hydrogens (primary N) is 1. The number of aryl methyl sites for hydroxylation is 2. The number of carbonyl (C=O) groups excluding carboxylic acids is 1. The van der Waals surface area contributed by atoms with Gasteiger partial charge in [-0.05, 0) is 38.1 Å². The van der Waals surface area contributed by atoms with Gasteiger partial charge >= 0.3 is 0 Å². The van der Waals surface area contributed by atoms with Crippen LogP contribution in [0.15, 0.2) is 46.9 Å². The maximum Gasteiger partial charge on any atom is 0.280 e. The predicted molar refractivity (Wildman–Crippen MR) is 122 cm³/mol. The van der Waals surface area contributed by atoms with Gasteiger partial charge in [0.15, 0.2) is 11.5 Å². The fraction of sp³-hybridized carbons (Fsp3) is 0.217. The van der Waals surface area contributed by atoms with E-state index in [4.69, 9.17) is 19.6 Å². The summed E-state index contributed by atoms with van der Waals surface area (Å²) in [6, 6.07) is 12.9. The molecular formula is C23H24N6O4. The molecule has 10 nitrogen and oxygen atoms in total. The minimum atomic E-state index is -0.514. The number of nitrogens with one attached hydrogen (secondary N) is 1. The fourth-order valence-corrected chi connectivity index (χ4v) is 3.22. The number of ether oxygens (including phenoxy) is 2. The summed E-state index contributed by atoms with van der Waals surface area (Å²) >= 11 is 0. The summed E-state index contributed by atoms with van der Waals surface area (Å²) in [7, 11) is 3.05. The first-order valence-corrected chi connectivity index (χ1v) is 10.1. The molecule has 3 N–H and O–H groups in total. The molecule has 4 rings (SSSR count). The van der Waals surface area contributed by atoms with Crippen LogP contribution in [0, 0.1) is 13.8 Å². The second-order valence-electron chi connectivity index (χ2n) is 7.39. The van der Waals surface area contributed by atoms with Crippen molar-refractivity contribution < 1.29 is 18.7 Å². The Bertz CT molecular complexity index is 1290. The number of nitrogens with zero attached hydrogens (tertiary/aromatic N) is 4. The number of hydrogen-bond acceptors (Lipinski definition) is 8. The van der Waals surface area contributed by atoms with Crippen molar-refractivity contribution >= 4 is 17.4 Å². The average Bonchev–Trinajstić information content (AvgIpc) is 3.37. The summed E-state index contributed by atoms with van der Waals surface area (Å²) in [6.07, 6.45) is 0. The Morgan fingerprint density at radius 3 is 2.58 bits per heavy atom. The van der Waals surface area contributed by atoms with Crippen molar-refractivity contribution in [2.24, 2.45) is 0 Å². The van der Waals surface area contributed by atoms with Gasteiger partial charge in [0.05, 0.1) is 26.5 Å². The molecule has 2 heterocycles. The molecule has 0 spiro atoms. The summed E-state index contributed by atoms with van der Waals surface area (Å²) < 4.78 is 17.7. The van der Waals surface area contributed by atoms with Gasteiger partial charge in [0, 0.05) is 11.6 Å². The van der Waals surface area contributed by atoms with Crippen LogP contribution in [0.3, 0.4) is 0 Å². The molecule has 33 heavy (non-hydrogen) atoms. The molecule has 0 atom stereocenters. The highest BCUT2D eigenvalue weighted by atomic mass is 16.5. The molecule has 4 aromatic rings. The van der Waals surface area contributed by atoms with Crippen LogP contribution in [-0.4, -0.2) is 40.1 Å². The van der Waals surface area contributed by atoms with Gasteiger partial charge in [0.1, 0.15) is 23.0 Å². The summed E-state index contributed by atoms with van der Waals surface area (Å²) in [6.45, 7) is 4.04. The van der Waals surface area contributed by atoms with Crippen LogP contribution in [0.5, 0.6) is 11.5 Å². The molecule has 0 bridgehead atoms. The van der Waals surface area contributed by atoms with Crippen LogP contribution in [0.25, 0.3) is 11.5 Å². The van der Waals surface area contributed by atoms with Gasteiger partial charge in [0.2, 0.25) is 5.89 Å². The number of benzene rings is 2. The number of hydrogen-bond donors (Lipinski definition) is 2. The number of carbonyl (C=O) groups is 1. The Hall–Kier alpha value is -4.34. The van der Waals surface area contributed by atoms with Gasteiger partial charge < -0.3 is 24.9 Å². The molecule has 0 aliphatic carbocycles. The molecule has 0 fully saturated rings. The smallest absolute Gasteiger partial charge is 0.280 e. The third-order valence-electron chi connectivity index (χ3n) is 5.14. The number of nitrogen functional groups attached to an aromatic ring is 1. The van der Waals surface area contributed by atoms with E-state index in [1.807, 2.05) is 38.1 Å². The Labute approximate surface area is 190 Å². The van der Waals surface area contributed by atoms with E-state index < -0.39 is 5.91 Å². The van der Waals surface area contributed by atoms with Crippen molar-refractivity contribution in [2.45, 2.75) is 20.4 Å². The lowest BCUT2D eigenvalue weighted by Crippen LogP contribution is -2.16. The second kappa shape index (κ2) is 9.03. The standard InChI is InChI=1S/C23H24N6O4/c1-13-5-7-15(8-6-13)23-26-18(14(2)33-23)12-29-21(24)20(27-28-29)22(30)25-17-10-9-16(31-3)11-19(17)32-4/h5-11H,12,24H2,1-4H3,(H,25,30). The summed E-state index contributed by atoms with van der Waals surface area (Å²) in [5.74, 6) is 1.78. The lowest BCUT2D eigenvalue weighted by molar-refractivity contribution is 0.102. The molecule has 1 amide bonds. The van der Waals surface area contributed by atoms with Crippen LogP contribution < -0.4 is 20.5 Å². The molecular weight excluding hydrogens is 424 g/mol. The number of anilines is 2.